The minimum absolute atomic E-state index is 0.0292. The Hall–Kier alpha value is -3.15. The van der Waals surface area contributed by atoms with Gasteiger partial charge in [0.1, 0.15) is 11.6 Å². The molecule has 0 aliphatic heterocycles. The van der Waals surface area contributed by atoms with Crippen LogP contribution in [0.15, 0.2) is 53.6 Å². The normalized spacial score (nSPS) is 14.0. The number of rotatable bonds is 6. The Balaban J connectivity index is 1.60. The third-order valence-electron chi connectivity index (χ3n) is 5.69. The van der Waals surface area contributed by atoms with Crippen molar-refractivity contribution in [2.24, 2.45) is 0 Å². The second kappa shape index (κ2) is 9.14. The average Bonchev–Trinajstić information content (AvgIpc) is 3.18. The third-order valence-corrected chi connectivity index (χ3v) is 8.75. The number of hydrogen-bond acceptors (Lipinski definition) is 7. The van der Waals surface area contributed by atoms with Gasteiger partial charge in [0.15, 0.2) is 4.90 Å². The van der Waals surface area contributed by atoms with Crippen LogP contribution in [0.25, 0.3) is 21.8 Å². The van der Waals surface area contributed by atoms with Crippen molar-refractivity contribution >= 4 is 44.6 Å². The van der Waals surface area contributed by atoms with Crippen LogP contribution in [-0.4, -0.2) is 23.4 Å². The Morgan fingerprint density at radius 1 is 1.06 bits per heavy atom. The molecule has 2 aromatic heterocycles. The first-order chi connectivity index (χ1) is 16.7. The van der Waals surface area contributed by atoms with Crippen LogP contribution < -0.4 is 10.5 Å². The van der Waals surface area contributed by atoms with Crippen LogP contribution in [0.5, 0.6) is 0 Å². The van der Waals surface area contributed by atoms with Crippen LogP contribution in [-0.2, 0) is 10.0 Å². The summed E-state index contributed by atoms with van der Waals surface area (Å²) < 4.78 is 56.2. The topological polar surface area (TPSA) is 111 Å². The highest BCUT2D eigenvalue weighted by Crippen LogP contribution is 2.46. The zero-order valence-electron chi connectivity index (χ0n) is 18.0. The van der Waals surface area contributed by atoms with Crippen molar-refractivity contribution in [1.82, 2.24) is 15.0 Å². The molecule has 7 nitrogen and oxygen atoms in total. The van der Waals surface area contributed by atoms with Gasteiger partial charge in [-0.1, -0.05) is 36.2 Å². The lowest BCUT2D eigenvalue weighted by Crippen LogP contribution is -2.16. The van der Waals surface area contributed by atoms with Crippen LogP contribution in [0.3, 0.4) is 0 Å². The van der Waals surface area contributed by atoms with Gasteiger partial charge in [-0.2, -0.15) is 0 Å². The van der Waals surface area contributed by atoms with E-state index in [4.69, 9.17) is 22.3 Å². The Morgan fingerprint density at radius 3 is 2.43 bits per heavy atom. The number of benzene rings is 2. The summed E-state index contributed by atoms with van der Waals surface area (Å²) in [5.74, 6) is -1.99. The van der Waals surface area contributed by atoms with E-state index in [1.807, 2.05) is 0 Å². The minimum atomic E-state index is -4.61. The molecule has 1 aliphatic rings. The molecule has 1 aliphatic carbocycles. The molecule has 0 saturated heterocycles. The summed E-state index contributed by atoms with van der Waals surface area (Å²) in [5, 5.41) is 0.954. The summed E-state index contributed by atoms with van der Waals surface area (Å²) in [5.41, 5.74) is 7.26. The summed E-state index contributed by atoms with van der Waals surface area (Å²) in [6, 6.07) is 9.21. The molecule has 180 valence electrons. The molecule has 12 heteroatoms. The van der Waals surface area contributed by atoms with E-state index in [0.29, 0.717) is 27.7 Å². The highest BCUT2D eigenvalue weighted by molar-refractivity contribution is 7.92. The summed E-state index contributed by atoms with van der Waals surface area (Å²) in [7, 11) is -4.61. The van der Waals surface area contributed by atoms with Gasteiger partial charge in [0.25, 0.3) is 10.0 Å². The molecule has 0 bridgehead atoms. The number of aromatic nitrogens is 3. The number of anilines is 2. The number of hydrogen-bond donors (Lipinski definition) is 2. The quantitative estimate of drug-likeness (QED) is 0.321. The van der Waals surface area contributed by atoms with Gasteiger partial charge in [0.05, 0.1) is 32.0 Å². The lowest BCUT2D eigenvalue weighted by Gasteiger charge is -2.22. The molecule has 4 aromatic rings. The van der Waals surface area contributed by atoms with Gasteiger partial charge in [-0.05, 0) is 37.1 Å². The third kappa shape index (κ3) is 4.46. The van der Waals surface area contributed by atoms with Crippen molar-refractivity contribution in [1.29, 1.82) is 0 Å². The fourth-order valence-corrected chi connectivity index (χ4v) is 6.50. The number of sulfonamides is 1. The fraction of sp³-hybridized carbons (Fsp3) is 0.174. The predicted molar refractivity (Wildman–Crippen MR) is 132 cm³/mol. The summed E-state index contributed by atoms with van der Waals surface area (Å²) in [4.78, 5) is 12.7. The number of thiazole rings is 1. The zero-order chi connectivity index (χ0) is 24.7. The number of nitrogens with one attached hydrogen (secondary N) is 1. The van der Waals surface area contributed by atoms with E-state index in [1.165, 1.54) is 17.4 Å². The molecule has 5 rings (SSSR count). The second-order valence-electron chi connectivity index (χ2n) is 7.98. The van der Waals surface area contributed by atoms with Crippen molar-refractivity contribution in [3.63, 3.8) is 0 Å². The number of nitrogens with zero attached hydrogens (tertiary/aromatic N) is 3. The van der Waals surface area contributed by atoms with Crippen molar-refractivity contribution in [3.8, 4) is 21.8 Å². The smallest absolute Gasteiger partial charge is 0.267 e. The Morgan fingerprint density at radius 2 is 1.77 bits per heavy atom. The maximum absolute atomic E-state index is 14.2. The average molecular weight is 534 g/mol. The SMILES string of the molecule is Nc1nccc(-c2sc(C3CCC3)nc2-c2cccc(NS(=O)(=O)c3c(F)cccc3F)c2Cl)n1. The van der Waals surface area contributed by atoms with Crippen LogP contribution in [0.1, 0.15) is 30.2 Å². The first kappa shape index (κ1) is 23.6. The Kier molecular flexibility index (Phi) is 6.16. The van der Waals surface area contributed by atoms with E-state index in [2.05, 4.69) is 14.7 Å². The van der Waals surface area contributed by atoms with Crippen LogP contribution in [0, 0.1) is 11.6 Å². The highest BCUT2D eigenvalue weighted by Gasteiger charge is 2.29. The van der Waals surface area contributed by atoms with Crippen LogP contribution in [0.2, 0.25) is 5.02 Å². The van der Waals surface area contributed by atoms with Crippen LogP contribution >= 0.6 is 22.9 Å². The monoisotopic (exact) mass is 533 g/mol. The molecule has 0 spiro atoms. The van der Waals surface area contributed by atoms with Gasteiger partial charge < -0.3 is 5.73 Å². The molecule has 3 N–H and O–H groups in total. The van der Waals surface area contributed by atoms with Crippen molar-refractivity contribution in [2.75, 3.05) is 10.5 Å². The van der Waals surface area contributed by atoms with Gasteiger partial charge in [0, 0.05) is 17.7 Å². The molecule has 2 heterocycles. The highest BCUT2D eigenvalue weighted by atomic mass is 35.5. The molecule has 1 fully saturated rings. The van der Waals surface area contributed by atoms with E-state index in [-0.39, 0.29) is 16.7 Å². The molecular weight excluding hydrogens is 516 g/mol. The van der Waals surface area contributed by atoms with E-state index >= 15 is 0 Å². The van der Waals surface area contributed by atoms with E-state index in [9.17, 15) is 17.2 Å². The van der Waals surface area contributed by atoms with E-state index in [0.717, 1.165) is 42.5 Å². The molecule has 2 aromatic carbocycles. The molecule has 0 unspecified atom stereocenters. The maximum Gasteiger partial charge on any atom is 0.267 e. The predicted octanol–water partition coefficient (Wildman–Crippen LogP) is 5.85. The largest absolute Gasteiger partial charge is 0.368 e. The molecule has 0 atom stereocenters. The Labute approximate surface area is 209 Å². The first-order valence-electron chi connectivity index (χ1n) is 10.6. The Bertz CT molecular complexity index is 1520. The summed E-state index contributed by atoms with van der Waals surface area (Å²) in [6.45, 7) is 0. The van der Waals surface area contributed by atoms with Gasteiger partial charge in [-0.15, -0.1) is 11.3 Å². The molecule has 0 radical (unpaired) electrons. The van der Waals surface area contributed by atoms with E-state index in [1.54, 1.807) is 24.4 Å². The van der Waals surface area contributed by atoms with Gasteiger partial charge in [-0.3, -0.25) is 4.72 Å². The van der Waals surface area contributed by atoms with Crippen LogP contribution in [0.4, 0.5) is 20.4 Å². The van der Waals surface area contributed by atoms with Gasteiger partial charge in [0.2, 0.25) is 5.95 Å². The second-order valence-corrected chi connectivity index (χ2v) is 11.0. The van der Waals surface area contributed by atoms with Gasteiger partial charge in [-0.25, -0.2) is 32.2 Å². The van der Waals surface area contributed by atoms with Crippen molar-refractivity contribution in [2.45, 2.75) is 30.1 Å². The summed E-state index contributed by atoms with van der Waals surface area (Å²) >= 11 is 8.11. The lowest BCUT2D eigenvalue weighted by molar-refractivity contribution is 0.418. The number of nitrogen functional groups attached to an aromatic ring is 1. The van der Waals surface area contributed by atoms with Crippen molar-refractivity contribution < 1.29 is 17.2 Å². The summed E-state index contributed by atoms with van der Waals surface area (Å²) in [6.07, 6.45) is 4.72. The molecular formula is C23H18ClF2N5O2S2. The lowest BCUT2D eigenvalue weighted by atomic mass is 9.86. The van der Waals surface area contributed by atoms with Crippen molar-refractivity contribution in [3.05, 3.63) is 70.3 Å². The number of halogens is 3. The molecule has 35 heavy (non-hydrogen) atoms. The standard InChI is InChI=1S/C23H18ClF2N5O2S2/c24-18-13(6-2-9-16(18)31-35(32,33)21-14(25)7-3-8-15(21)26)19-20(17-10-11-28-23(27)29-17)34-22(30-19)12-4-1-5-12/h2-3,6-12,31H,1,4-5H2,(H2,27,28,29). The first-order valence-corrected chi connectivity index (χ1v) is 13.3. The van der Waals surface area contributed by atoms with E-state index < -0.39 is 26.6 Å². The maximum atomic E-state index is 14.2. The zero-order valence-corrected chi connectivity index (χ0v) is 20.4. The molecule has 1 saturated carbocycles. The van der Waals surface area contributed by atoms with Gasteiger partial charge >= 0.3 is 0 Å². The molecule has 0 amide bonds. The fourth-order valence-electron chi connectivity index (χ4n) is 3.75. The minimum Gasteiger partial charge on any atom is -0.368 e. The number of nitrogens with two attached hydrogens (primary N) is 1.